The predicted molar refractivity (Wildman–Crippen MR) is 131 cm³/mol. The lowest BCUT2D eigenvalue weighted by atomic mass is 9.89. The highest BCUT2D eigenvalue weighted by atomic mass is 32.2. The number of nitriles is 1. The van der Waals surface area contributed by atoms with Gasteiger partial charge in [0.25, 0.3) is 0 Å². The van der Waals surface area contributed by atoms with Crippen molar-refractivity contribution in [1.29, 1.82) is 5.26 Å². The number of thioether (sulfide) groups is 1. The van der Waals surface area contributed by atoms with Gasteiger partial charge in [-0.3, -0.25) is 0 Å². The molecule has 1 aromatic heterocycles. The van der Waals surface area contributed by atoms with Crippen LogP contribution < -0.4 is 15.5 Å². The molecule has 5 nitrogen and oxygen atoms in total. The molecule has 156 valence electrons. The maximum Gasteiger partial charge on any atom is 0.227 e. The summed E-state index contributed by atoms with van der Waals surface area (Å²) < 4.78 is 0. The van der Waals surface area contributed by atoms with Crippen molar-refractivity contribution in [2.24, 2.45) is 0 Å². The average molecular weight is 446 g/mol. The number of hydrogen-bond donors (Lipinski definition) is 1. The fraction of sp³-hybridized carbons (Fsp3) is 0.292. The lowest BCUT2D eigenvalue weighted by Crippen LogP contribution is -2.34. The molecule has 1 unspecified atom stereocenters. The molecule has 0 bridgehead atoms. The lowest BCUT2D eigenvalue weighted by molar-refractivity contribution is 0.499. The Hall–Kier alpha value is -2.61. The summed E-state index contributed by atoms with van der Waals surface area (Å²) in [7, 11) is 2.75. The van der Waals surface area contributed by atoms with Crippen molar-refractivity contribution in [2.75, 3.05) is 29.1 Å². The zero-order chi connectivity index (χ0) is 21.2. The van der Waals surface area contributed by atoms with Gasteiger partial charge in [0.05, 0.1) is 22.2 Å². The van der Waals surface area contributed by atoms with Crippen molar-refractivity contribution in [3.05, 3.63) is 65.4 Å². The second-order valence-electron chi connectivity index (χ2n) is 7.99. The molecule has 2 aliphatic rings. The topological polar surface area (TPSA) is 64.8 Å². The number of aryl methyl sites for hydroxylation is 1. The molecular weight excluding hydrogens is 421 g/mol. The molecule has 7 heteroatoms. The first-order chi connectivity index (χ1) is 15.2. The Morgan fingerprint density at radius 1 is 1.10 bits per heavy atom. The second kappa shape index (κ2) is 8.86. The van der Waals surface area contributed by atoms with Gasteiger partial charge in [0.2, 0.25) is 5.95 Å². The fourth-order valence-electron chi connectivity index (χ4n) is 4.28. The number of piperidine rings is 1. The molecule has 0 spiro atoms. The number of fused-ring (bicyclic) bond motifs is 1. The summed E-state index contributed by atoms with van der Waals surface area (Å²) >= 11 is 1.84. The van der Waals surface area contributed by atoms with Crippen molar-refractivity contribution in [3.63, 3.8) is 0 Å². The number of nitrogens with zero attached hydrogens (tertiary/aromatic N) is 4. The molecule has 0 radical (unpaired) electrons. The minimum atomic E-state index is 0.524. The highest BCUT2D eigenvalue weighted by molar-refractivity contribution is 7.99. The molecule has 5 rings (SSSR count). The maximum atomic E-state index is 9.02. The number of benzene rings is 2. The molecule has 2 aromatic carbocycles. The van der Waals surface area contributed by atoms with Gasteiger partial charge >= 0.3 is 0 Å². The van der Waals surface area contributed by atoms with Crippen LogP contribution in [0.3, 0.4) is 0 Å². The molecule has 0 saturated carbocycles. The van der Waals surface area contributed by atoms with Gasteiger partial charge in [0, 0.05) is 31.0 Å². The van der Waals surface area contributed by atoms with E-state index in [4.69, 9.17) is 15.2 Å². The first-order valence-electron chi connectivity index (χ1n) is 10.6. The van der Waals surface area contributed by atoms with Gasteiger partial charge in [-0.15, -0.1) is 21.0 Å². The van der Waals surface area contributed by atoms with Crippen LogP contribution in [0.1, 0.15) is 35.6 Å². The van der Waals surface area contributed by atoms with Crippen LogP contribution >= 0.6 is 21.0 Å². The third-order valence-corrected chi connectivity index (χ3v) is 7.43. The highest BCUT2D eigenvalue weighted by Gasteiger charge is 2.26. The maximum absolute atomic E-state index is 9.02. The molecule has 31 heavy (non-hydrogen) atoms. The van der Waals surface area contributed by atoms with Crippen LogP contribution in [-0.2, 0) is 6.42 Å². The molecule has 0 aliphatic carbocycles. The Kier molecular flexibility index (Phi) is 5.80. The number of hydrogen-bond acceptors (Lipinski definition) is 6. The van der Waals surface area contributed by atoms with Crippen LogP contribution in [0, 0.1) is 11.3 Å². The smallest absolute Gasteiger partial charge is 0.227 e. The van der Waals surface area contributed by atoms with E-state index in [1.54, 1.807) is 0 Å². The van der Waals surface area contributed by atoms with Crippen molar-refractivity contribution in [1.82, 2.24) is 9.97 Å². The summed E-state index contributed by atoms with van der Waals surface area (Å²) in [6.07, 6.45) is 3.13. The quantitative estimate of drug-likeness (QED) is 0.591. The third kappa shape index (κ3) is 4.39. The molecule has 1 N–H and O–H groups in total. The van der Waals surface area contributed by atoms with Crippen molar-refractivity contribution >= 4 is 43.8 Å². The predicted octanol–water partition coefficient (Wildman–Crippen LogP) is 4.62. The summed E-state index contributed by atoms with van der Waals surface area (Å²) in [5.74, 6) is 3.35. The van der Waals surface area contributed by atoms with Crippen LogP contribution in [0.25, 0.3) is 0 Å². The standard InChI is InChI=1S/C24H24N5PS/c25-15-16-4-6-17(7-5-16)18-8-11-29(12-9-18)24-27-21-10-13-31-22(21)23(28-24)26-19-2-1-3-20(30)14-19/h1-7,14,18H,8-13,30H2,(H,26,27,28). The monoisotopic (exact) mass is 445 g/mol. The summed E-state index contributed by atoms with van der Waals surface area (Å²) in [6.45, 7) is 1.88. The van der Waals surface area contributed by atoms with E-state index in [9.17, 15) is 0 Å². The molecule has 0 amide bonds. The Morgan fingerprint density at radius 3 is 2.65 bits per heavy atom. The first-order valence-corrected chi connectivity index (χ1v) is 12.2. The van der Waals surface area contributed by atoms with Gasteiger partial charge in [-0.25, -0.2) is 4.98 Å². The van der Waals surface area contributed by atoms with Gasteiger partial charge < -0.3 is 10.2 Å². The highest BCUT2D eigenvalue weighted by Crippen LogP contribution is 2.38. The number of aromatic nitrogens is 2. The first kappa shape index (κ1) is 20.3. The Bertz CT molecular complexity index is 1130. The molecular formula is C24H24N5PS. The summed E-state index contributed by atoms with van der Waals surface area (Å²) in [5.41, 5.74) is 4.25. The Balaban J connectivity index is 1.34. The molecule has 3 aromatic rings. The van der Waals surface area contributed by atoms with E-state index in [1.807, 2.05) is 30.0 Å². The van der Waals surface area contributed by atoms with E-state index >= 15 is 0 Å². The van der Waals surface area contributed by atoms with Crippen molar-refractivity contribution in [3.8, 4) is 6.07 Å². The fourth-order valence-corrected chi connectivity index (χ4v) is 5.61. The van der Waals surface area contributed by atoms with E-state index in [1.165, 1.54) is 10.5 Å². The zero-order valence-electron chi connectivity index (χ0n) is 17.2. The number of rotatable bonds is 4. The SMILES string of the molecule is N#Cc1ccc(C2CCN(c3nc4c(c(Nc5cccc(P)c5)n3)SCC4)CC2)cc1. The summed E-state index contributed by atoms with van der Waals surface area (Å²) in [5, 5.41) is 13.7. The van der Waals surface area contributed by atoms with E-state index in [0.717, 1.165) is 72.1 Å². The van der Waals surface area contributed by atoms with E-state index in [0.29, 0.717) is 5.92 Å². The van der Waals surface area contributed by atoms with Crippen molar-refractivity contribution in [2.45, 2.75) is 30.1 Å². The Morgan fingerprint density at radius 2 is 1.90 bits per heavy atom. The van der Waals surface area contributed by atoms with E-state index < -0.39 is 0 Å². The largest absolute Gasteiger partial charge is 0.341 e. The number of anilines is 3. The van der Waals surface area contributed by atoms with Gasteiger partial charge in [0.15, 0.2) is 0 Å². The normalized spacial score (nSPS) is 16.1. The van der Waals surface area contributed by atoms with Crippen LogP contribution in [0.4, 0.5) is 17.5 Å². The minimum absolute atomic E-state index is 0.524. The summed E-state index contributed by atoms with van der Waals surface area (Å²) in [4.78, 5) is 13.4. The number of nitrogens with one attached hydrogen (secondary N) is 1. The van der Waals surface area contributed by atoms with Crippen LogP contribution in [0.5, 0.6) is 0 Å². The van der Waals surface area contributed by atoms with Crippen molar-refractivity contribution < 1.29 is 0 Å². The van der Waals surface area contributed by atoms with Gasteiger partial charge in [-0.1, -0.05) is 24.3 Å². The molecule has 2 aliphatic heterocycles. The van der Waals surface area contributed by atoms with E-state index in [2.05, 4.69) is 55.9 Å². The van der Waals surface area contributed by atoms with Gasteiger partial charge in [0.1, 0.15) is 5.82 Å². The molecule has 3 heterocycles. The van der Waals surface area contributed by atoms with Gasteiger partial charge in [-0.2, -0.15) is 10.2 Å². The van der Waals surface area contributed by atoms with E-state index in [-0.39, 0.29) is 0 Å². The summed E-state index contributed by atoms with van der Waals surface area (Å²) in [6, 6.07) is 18.5. The van der Waals surface area contributed by atoms with Crippen LogP contribution in [0.15, 0.2) is 53.4 Å². The van der Waals surface area contributed by atoms with Gasteiger partial charge in [-0.05, 0) is 53.9 Å². The zero-order valence-corrected chi connectivity index (χ0v) is 19.2. The second-order valence-corrected chi connectivity index (χ2v) is 9.76. The molecule has 1 saturated heterocycles. The minimum Gasteiger partial charge on any atom is -0.341 e. The Labute approximate surface area is 189 Å². The third-order valence-electron chi connectivity index (χ3n) is 5.95. The van der Waals surface area contributed by atoms with Crippen LogP contribution in [0.2, 0.25) is 0 Å². The van der Waals surface area contributed by atoms with Crippen LogP contribution in [-0.4, -0.2) is 28.8 Å². The molecule has 1 atom stereocenters. The average Bonchev–Trinajstić information content (AvgIpc) is 3.28. The lowest BCUT2D eigenvalue weighted by Gasteiger charge is -2.32. The molecule has 1 fully saturated rings.